The van der Waals surface area contributed by atoms with Crippen molar-refractivity contribution in [3.63, 3.8) is 0 Å². The van der Waals surface area contributed by atoms with Gasteiger partial charge in [0.2, 0.25) is 0 Å². The molecule has 0 saturated heterocycles. The predicted molar refractivity (Wildman–Crippen MR) is 59.8 cm³/mol. The minimum absolute atomic E-state index is 0.745. The monoisotopic (exact) mass is 197 g/mol. The second-order valence-electron chi connectivity index (χ2n) is 3.35. The molecule has 0 radical (unpaired) electrons. The Morgan fingerprint density at radius 3 is 2.23 bits per heavy atom. The molecule has 1 aromatic carbocycles. The summed E-state index contributed by atoms with van der Waals surface area (Å²) >= 11 is 5.62. The van der Waals surface area contributed by atoms with E-state index in [1.165, 1.54) is 11.3 Å². The topological polar surface area (TPSA) is 3.24 Å². The number of nitrogens with zero attached hydrogens (tertiary/aromatic N) is 1. The number of aryl methyl sites for hydroxylation is 1. The van der Waals surface area contributed by atoms with Gasteiger partial charge in [0.15, 0.2) is 0 Å². The number of alkyl halides is 1. The Kier molecular flexibility index (Phi) is 4.10. The van der Waals surface area contributed by atoms with Crippen molar-refractivity contribution in [3.8, 4) is 0 Å². The van der Waals surface area contributed by atoms with Gasteiger partial charge in [-0.3, -0.25) is 0 Å². The molecular weight excluding hydrogens is 182 g/mol. The fraction of sp³-hybridized carbons (Fsp3) is 0.455. The maximum Gasteiger partial charge on any atom is 0.0361 e. The van der Waals surface area contributed by atoms with Crippen LogP contribution < -0.4 is 4.90 Å². The van der Waals surface area contributed by atoms with Crippen LogP contribution in [0.5, 0.6) is 0 Å². The molecule has 72 valence electrons. The van der Waals surface area contributed by atoms with Crippen LogP contribution in [0.15, 0.2) is 24.3 Å². The van der Waals surface area contributed by atoms with Gasteiger partial charge in [0.25, 0.3) is 0 Å². The van der Waals surface area contributed by atoms with Gasteiger partial charge in [0.05, 0.1) is 0 Å². The first-order valence-corrected chi connectivity index (χ1v) is 5.09. The van der Waals surface area contributed by atoms with Crippen LogP contribution in [0.2, 0.25) is 0 Å². The molecule has 0 bridgehead atoms. The van der Waals surface area contributed by atoms with E-state index < -0.39 is 0 Å². The Bertz CT molecular complexity index is 241. The van der Waals surface area contributed by atoms with Gasteiger partial charge >= 0.3 is 0 Å². The Morgan fingerprint density at radius 2 is 1.77 bits per heavy atom. The molecule has 0 amide bonds. The quantitative estimate of drug-likeness (QED) is 0.671. The molecule has 0 aliphatic rings. The van der Waals surface area contributed by atoms with Crippen LogP contribution in [0.1, 0.15) is 12.0 Å². The average Bonchev–Trinajstić information content (AvgIpc) is 2.15. The SMILES string of the molecule is CN(C)c1ccc(CCCCl)cc1. The molecule has 0 N–H and O–H groups in total. The predicted octanol–water partition coefficient (Wildman–Crippen LogP) is 2.92. The summed E-state index contributed by atoms with van der Waals surface area (Å²) in [4.78, 5) is 2.10. The molecule has 0 fully saturated rings. The molecule has 1 rings (SSSR count). The Morgan fingerprint density at radius 1 is 1.15 bits per heavy atom. The second kappa shape index (κ2) is 5.13. The number of hydrogen-bond acceptors (Lipinski definition) is 1. The van der Waals surface area contributed by atoms with E-state index in [0.29, 0.717) is 0 Å². The molecule has 2 heteroatoms. The van der Waals surface area contributed by atoms with E-state index in [9.17, 15) is 0 Å². The largest absolute Gasteiger partial charge is 0.378 e. The maximum atomic E-state index is 5.62. The fourth-order valence-corrected chi connectivity index (χ4v) is 1.37. The van der Waals surface area contributed by atoms with Gasteiger partial charge in [0, 0.05) is 25.7 Å². The summed E-state index contributed by atoms with van der Waals surface area (Å²) in [6.45, 7) is 0. The third-order valence-electron chi connectivity index (χ3n) is 2.05. The lowest BCUT2D eigenvalue weighted by Gasteiger charge is -2.12. The van der Waals surface area contributed by atoms with E-state index in [4.69, 9.17) is 11.6 Å². The molecule has 0 atom stereocenters. The van der Waals surface area contributed by atoms with Gasteiger partial charge in [0.1, 0.15) is 0 Å². The maximum absolute atomic E-state index is 5.62. The zero-order chi connectivity index (χ0) is 9.68. The van der Waals surface area contributed by atoms with Crippen molar-refractivity contribution in [2.24, 2.45) is 0 Å². The second-order valence-corrected chi connectivity index (χ2v) is 3.73. The highest BCUT2D eigenvalue weighted by atomic mass is 35.5. The molecule has 0 aliphatic carbocycles. The summed E-state index contributed by atoms with van der Waals surface area (Å²) < 4.78 is 0. The zero-order valence-corrected chi connectivity index (χ0v) is 9.01. The fourth-order valence-electron chi connectivity index (χ4n) is 1.23. The standard InChI is InChI=1S/C11H16ClN/c1-13(2)11-7-5-10(6-8-11)4-3-9-12/h5-8H,3-4,9H2,1-2H3. The first-order chi connectivity index (χ1) is 6.24. The van der Waals surface area contributed by atoms with Gasteiger partial charge in [-0.25, -0.2) is 0 Å². The number of rotatable bonds is 4. The van der Waals surface area contributed by atoms with Crippen LogP contribution >= 0.6 is 11.6 Å². The minimum atomic E-state index is 0.745. The number of hydrogen-bond donors (Lipinski definition) is 0. The number of anilines is 1. The molecule has 13 heavy (non-hydrogen) atoms. The van der Waals surface area contributed by atoms with Crippen molar-refractivity contribution < 1.29 is 0 Å². The molecule has 0 unspecified atom stereocenters. The highest BCUT2D eigenvalue weighted by molar-refractivity contribution is 6.17. The van der Waals surface area contributed by atoms with Crippen LogP contribution in [0, 0.1) is 0 Å². The Hall–Kier alpha value is -0.690. The van der Waals surface area contributed by atoms with Crippen molar-refractivity contribution in [1.29, 1.82) is 0 Å². The van der Waals surface area contributed by atoms with E-state index in [0.717, 1.165) is 18.7 Å². The van der Waals surface area contributed by atoms with E-state index >= 15 is 0 Å². The molecule has 0 heterocycles. The van der Waals surface area contributed by atoms with Gasteiger partial charge < -0.3 is 4.90 Å². The lowest BCUT2D eigenvalue weighted by molar-refractivity contribution is 0.928. The van der Waals surface area contributed by atoms with Gasteiger partial charge in [-0.05, 0) is 30.5 Å². The number of halogens is 1. The third kappa shape index (κ3) is 3.27. The van der Waals surface area contributed by atoms with E-state index in [2.05, 4.69) is 29.2 Å². The zero-order valence-electron chi connectivity index (χ0n) is 8.26. The van der Waals surface area contributed by atoms with Crippen LogP contribution in [0.25, 0.3) is 0 Å². The Labute approximate surface area is 85.3 Å². The van der Waals surface area contributed by atoms with Crippen LogP contribution in [-0.4, -0.2) is 20.0 Å². The molecular formula is C11H16ClN. The lowest BCUT2D eigenvalue weighted by atomic mass is 10.1. The number of benzene rings is 1. The summed E-state index contributed by atoms with van der Waals surface area (Å²) in [6, 6.07) is 8.62. The highest BCUT2D eigenvalue weighted by Crippen LogP contribution is 2.13. The third-order valence-corrected chi connectivity index (χ3v) is 2.32. The average molecular weight is 198 g/mol. The molecule has 0 aromatic heterocycles. The summed E-state index contributed by atoms with van der Waals surface area (Å²) in [5.74, 6) is 0.745. The summed E-state index contributed by atoms with van der Waals surface area (Å²) in [5.41, 5.74) is 2.61. The molecule has 1 nitrogen and oxygen atoms in total. The van der Waals surface area contributed by atoms with Crippen molar-refractivity contribution in [1.82, 2.24) is 0 Å². The molecule has 1 aromatic rings. The van der Waals surface area contributed by atoms with Crippen LogP contribution in [0.4, 0.5) is 5.69 Å². The van der Waals surface area contributed by atoms with Crippen LogP contribution in [-0.2, 0) is 6.42 Å². The van der Waals surface area contributed by atoms with Crippen molar-refractivity contribution in [3.05, 3.63) is 29.8 Å². The summed E-state index contributed by atoms with van der Waals surface area (Å²) in [5, 5.41) is 0. The Balaban J connectivity index is 2.59. The van der Waals surface area contributed by atoms with Crippen molar-refractivity contribution >= 4 is 17.3 Å². The first-order valence-electron chi connectivity index (χ1n) is 4.56. The van der Waals surface area contributed by atoms with Gasteiger partial charge in [-0.15, -0.1) is 11.6 Å². The van der Waals surface area contributed by atoms with E-state index in [1.54, 1.807) is 0 Å². The van der Waals surface area contributed by atoms with E-state index in [1.807, 2.05) is 14.1 Å². The van der Waals surface area contributed by atoms with Gasteiger partial charge in [-0.2, -0.15) is 0 Å². The van der Waals surface area contributed by atoms with E-state index in [-0.39, 0.29) is 0 Å². The summed E-state index contributed by atoms with van der Waals surface area (Å²) in [7, 11) is 4.10. The lowest BCUT2D eigenvalue weighted by Crippen LogP contribution is -2.08. The normalized spacial score (nSPS) is 10.1. The van der Waals surface area contributed by atoms with Crippen molar-refractivity contribution in [2.45, 2.75) is 12.8 Å². The minimum Gasteiger partial charge on any atom is -0.378 e. The van der Waals surface area contributed by atoms with Gasteiger partial charge in [-0.1, -0.05) is 12.1 Å². The summed E-state index contributed by atoms with van der Waals surface area (Å²) in [6.07, 6.45) is 2.14. The molecule has 0 spiro atoms. The smallest absolute Gasteiger partial charge is 0.0361 e. The molecule has 0 saturated carbocycles. The van der Waals surface area contributed by atoms with Crippen LogP contribution in [0.3, 0.4) is 0 Å². The van der Waals surface area contributed by atoms with Crippen molar-refractivity contribution in [2.75, 3.05) is 24.9 Å². The highest BCUT2D eigenvalue weighted by Gasteiger charge is 1.95. The molecule has 0 aliphatic heterocycles. The first kappa shape index (κ1) is 10.4.